The smallest absolute Gasteiger partial charge is 0.226 e. The molecule has 2 aliphatic heterocycles. The Labute approximate surface area is 131 Å². The Kier molecular flexibility index (Phi) is 3.97. The van der Waals surface area contributed by atoms with Crippen LogP contribution in [0.5, 0.6) is 0 Å². The summed E-state index contributed by atoms with van der Waals surface area (Å²) in [5.74, 6) is 0.915. The molecule has 22 heavy (non-hydrogen) atoms. The van der Waals surface area contributed by atoms with Crippen molar-refractivity contribution in [2.75, 3.05) is 31.1 Å². The van der Waals surface area contributed by atoms with Crippen LogP contribution in [0, 0.1) is 0 Å². The molecular formula is C17H25N5. The Morgan fingerprint density at radius 1 is 1.14 bits per heavy atom. The van der Waals surface area contributed by atoms with Crippen LogP contribution in [0.15, 0.2) is 18.5 Å². The van der Waals surface area contributed by atoms with Crippen LogP contribution < -0.4 is 4.90 Å². The van der Waals surface area contributed by atoms with E-state index in [9.17, 15) is 0 Å². The molecule has 0 radical (unpaired) electrons. The lowest BCUT2D eigenvalue weighted by Gasteiger charge is -2.36. The quantitative estimate of drug-likeness (QED) is 0.943. The summed E-state index contributed by atoms with van der Waals surface area (Å²) in [7, 11) is 0. The standard InChI is InChI=1S/C17H25N5/c1-2-11-22(14(5-1)7-12-21-9-3-4-10-21)17-19-13-16-15(20-17)6-8-18-16/h6,8,13-14,18H,1-5,7,9-12H2. The van der Waals surface area contributed by atoms with Gasteiger partial charge in [0.2, 0.25) is 5.95 Å². The highest BCUT2D eigenvalue weighted by atomic mass is 15.3. The molecule has 0 aromatic carbocycles. The van der Waals surface area contributed by atoms with E-state index in [0.717, 1.165) is 23.5 Å². The monoisotopic (exact) mass is 299 g/mol. The maximum atomic E-state index is 4.76. The van der Waals surface area contributed by atoms with Gasteiger partial charge in [-0.15, -0.1) is 0 Å². The van der Waals surface area contributed by atoms with Gasteiger partial charge in [-0.3, -0.25) is 0 Å². The minimum Gasteiger partial charge on any atom is -0.359 e. The molecule has 2 aromatic rings. The largest absolute Gasteiger partial charge is 0.359 e. The van der Waals surface area contributed by atoms with E-state index in [1.807, 2.05) is 18.5 Å². The number of hydrogen-bond donors (Lipinski definition) is 1. The minimum absolute atomic E-state index is 0.603. The fourth-order valence-electron chi connectivity index (χ4n) is 3.87. The Morgan fingerprint density at radius 2 is 2.00 bits per heavy atom. The minimum atomic E-state index is 0.603. The van der Waals surface area contributed by atoms with Crippen LogP contribution in [-0.2, 0) is 0 Å². The third-order valence-electron chi connectivity index (χ3n) is 5.15. The first kappa shape index (κ1) is 14.0. The summed E-state index contributed by atoms with van der Waals surface area (Å²) < 4.78 is 0. The topological polar surface area (TPSA) is 48.1 Å². The maximum absolute atomic E-state index is 4.76. The number of nitrogens with zero attached hydrogens (tertiary/aromatic N) is 4. The zero-order chi connectivity index (χ0) is 14.8. The summed E-state index contributed by atoms with van der Waals surface area (Å²) in [6.07, 6.45) is 11.7. The summed E-state index contributed by atoms with van der Waals surface area (Å²) >= 11 is 0. The summed E-state index contributed by atoms with van der Waals surface area (Å²) in [6, 6.07) is 2.63. The molecule has 0 saturated carbocycles. The van der Waals surface area contributed by atoms with Crippen molar-refractivity contribution in [1.29, 1.82) is 0 Å². The van der Waals surface area contributed by atoms with Gasteiger partial charge in [0.1, 0.15) is 0 Å². The van der Waals surface area contributed by atoms with Crippen molar-refractivity contribution < 1.29 is 0 Å². The number of likely N-dealkylation sites (tertiary alicyclic amines) is 1. The van der Waals surface area contributed by atoms with Gasteiger partial charge in [0.25, 0.3) is 0 Å². The molecule has 0 bridgehead atoms. The first-order valence-corrected chi connectivity index (χ1v) is 8.69. The SMILES string of the molecule is c1cc2nc(N3CCCCC3CCN3CCCC3)ncc2[nH]1. The molecule has 2 aliphatic rings. The van der Waals surface area contributed by atoms with Gasteiger partial charge >= 0.3 is 0 Å². The van der Waals surface area contributed by atoms with Crippen LogP contribution in [0.3, 0.4) is 0 Å². The van der Waals surface area contributed by atoms with E-state index in [-0.39, 0.29) is 0 Å². The van der Waals surface area contributed by atoms with Crippen molar-refractivity contribution in [3.63, 3.8) is 0 Å². The number of hydrogen-bond acceptors (Lipinski definition) is 4. The predicted octanol–water partition coefficient (Wildman–Crippen LogP) is 2.80. The molecular weight excluding hydrogens is 274 g/mol. The van der Waals surface area contributed by atoms with E-state index in [1.54, 1.807) is 0 Å². The molecule has 1 N–H and O–H groups in total. The summed E-state index contributed by atoms with van der Waals surface area (Å²) in [5.41, 5.74) is 2.04. The van der Waals surface area contributed by atoms with E-state index in [1.165, 1.54) is 58.2 Å². The molecule has 2 aromatic heterocycles. The third kappa shape index (κ3) is 2.82. The normalized spacial score (nSPS) is 23.5. The lowest BCUT2D eigenvalue weighted by Crippen LogP contribution is -2.42. The van der Waals surface area contributed by atoms with Crippen molar-refractivity contribution in [1.82, 2.24) is 19.9 Å². The van der Waals surface area contributed by atoms with Crippen LogP contribution >= 0.6 is 0 Å². The molecule has 5 nitrogen and oxygen atoms in total. The highest BCUT2D eigenvalue weighted by molar-refractivity contribution is 5.74. The molecule has 4 rings (SSSR count). The van der Waals surface area contributed by atoms with Crippen molar-refractivity contribution in [2.24, 2.45) is 0 Å². The van der Waals surface area contributed by atoms with Crippen LogP contribution in [-0.4, -0.2) is 52.1 Å². The number of piperidine rings is 1. The Morgan fingerprint density at radius 3 is 2.91 bits per heavy atom. The number of H-pyrrole nitrogens is 1. The van der Waals surface area contributed by atoms with Crippen molar-refractivity contribution in [2.45, 2.75) is 44.6 Å². The number of anilines is 1. The Bertz CT molecular complexity index is 616. The van der Waals surface area contributed by atoms with Gasteiger partial charge in [-0.1, -0.05) is 0 Å². The molecule has 0 amide bonds. The van der Waals surface area contributed by atoms with Crippen LogP contribution in [0.2, 0.25) is 0 Å². The number of rotatable bonds is 4. The first-order valence-electron chi connectivity index (χ1n) is 8.69. The van der Waals surface area contributed by atoms with Crippen molar-refractivity contribution >= 4 is 17.0 Å². The number of aromatic amines is 1. The van der Waals surface area contributed by atoms with Gasteiger partial charge in [-0.05, 0) is 57.7 Å². The Hall–Kier alpha value is -1.62. The van der Waals surface area contributed by atoms with Crippen LogP contribution in [0.4, 0.5) is 5.95 Å². The van der Waals surface area contributed by atoms with Gasteiger partial charge in [0.15, 0.2) is 0 Å². The van der Waals surface area contributed by atoms with E-state index < -0.39 is 0 Å². The first-order chi connectivity index (χ1) is 10.9. The molecule has 118 valence electrons. The van der Waals surface area contributed by atoms with E-state index in [4.69, 9.17) is 4.98 Å². The van der Waals surface area contributed by atoms with Crippen LogP contribution in [0.1, 0.15) is 38.5 Å². The highest BCUT2D eigenvalue weighted by Crippen LogP contribution is 2.25. The fraction of sp³-hybridized carbons (Fsp3) is 0.647. The Balaban J connectivity index is 1.48. The lowest BCUT2D eigenvalue weighted by molar-refractivity contribution is 0.304. The average Bonchev–Trinajstić information content (AvgIpc) is 3.24. The van der Waals surface area contributed by atoms with E-state index in [0.29, 0.717) is 6.04 Å². The molecule has 0 spiro atoms. The molecule has 2 saturated heterocycles. The van der Waals surface area contributed by atoms with Crippen molar-refractivity contribution in [3.05, 3.63) is 18.5 Å². The second-order valence-electron chi connectivity index (χ2n) is 6.63. The summed E-state index contributed by atoms with van der Waals surface area (Å²) in [5, 5.41) is 0. The maximum Gasteiger partial charge on any atom is 0.226 e. The van der Waals surface area contributed by atoms with Crippen LogP contribution in [0.25, 0.3) is 11.0 Å². The fourth-order valence-corrected chi connectivity index (χ4v) is 3.87. The summed E-state index contributed by atoms with van der Waals surface area (Å²) in [6.45, 7) is 4.91. The second-order valence-corrected chi connectivity index (χ2v) is 6.63. The molecule has 2 fully saturated rings. The van der Waals surface area contributed by atoms with Gasteiger partial charge in [0.05, 0.1) is 17.2 Å². The molecule has 0 aliphatic carbocycles. The summed E-state index contributed by atoms with van der Waals surface area (Å²) in [4.78, 5) is 17.6. The van der Waals surface area contributed by atoms with Gasteiger partial charge in [-0.2, -0.15) is 0 Å². The molecule has 1 atom stereocenters. The van der Waals surface area contributed by atoms with Crippen molar-refractivity contribution in [3.8, 4) is 0 Å². The molecule has 5 heteroatoms. The lowest BCUT2D eigenvalue weighted by atomic mass is 9.99. The van der Waals surface area contributed by atoms with Gasteiger partial charge in [0, 0.05) is 25.3 Å². The highest BCUT2D eigenvalue weighted by Gasteiger charge is 2.25. The van der Waals surface area contributed by atoms with Gasteiger partial charge in [-0.25, -0.2) is 9.97 Å². The zero-order valence-corrected chi connectivity index (χ0v) is 13.2. The number of nitrogens with one attached hydrogen (secondary N) is 1. The van der Waals surface area contributed by atoms with E-state index >= 15 is 0 Å². The van der Waals surface area contributed by atoms with Gasteiger partial charge < -0.3 is 14.8 Å². The molecule has 4 heterocycles. The zero-order valence-electron chi connectivity index (χ0n) is 13.2. The predicted molar refractivity (Wildman–Crippen MR) is 89.2 cm³/mol. The number of aromatic nitrogens is 3. The second kappa shape index (κ2) is 6.24. The number of fused-ring (bicyclic) bond motifs is 1. The van der Waals surface area contributed by atoms with E-state index in [2.05, 4.69) is 19.8 Å². The third-order valence-corrected chi connectivity index (χ3v) is 5.15. The molecule has 1 unspecified atom stereocenters. The average molecular weight is 299 g/mol.